The van der Waals surface area contributed by atoms with Crippen LogP contribution in [0.1, 0.15) is 59.3 Å². The molecule has 1 saturated carbocycles. The van der Waals surface area contributed by atoms with E-state index >= 15 is 0 Å². The van der Waals surface area contributed by atoms with Gasteiger partial charge in [0.25, 0.3) is 11.5 Å². The van der Waals surface area contributed by atoms with Gasteiger partial charge in [-0.2, -0.15) is 13.2 Å². The molecular weight excluding hydrogens is 554 g/mol. The number of oxime groups is 1. The van der Waals surface area contributed by atoms with Crippen molar-refractivity contribution in [2.75, 3.05) is 6.54 Å². The first-order valence-corrected chi connectivity index (χ1v) is 12.8. The van der Waals surface area contributed by atoms with Gasteiger partial charge in [-0.25, -0.2) is 8.78 Å². The summed E-state index contributed by atoms with van der Waals surface area (Å²) < 4.78 is 70.1. The van der Waals surface area contributed by atoms with Crippen LogP contribution in [-0.2, 0) is 23.5 Å². The summed E-state index contributed by atoms with van der Waals surface area (Å²) in [5.74, 6) is -3.43. The van der Waals surface area contributed by atoms with Crippen LogP contribution in [0.4, 0.5) is 22.0 Å². The third kappa shape index (κ3) is 5.27. The Hall–Kier alpha value is -2.66. The second-order valence-corrected chi connectivity index (χ2v) is 10.9. The lowest BCUT2D eigenvalue weighted by Crippen LogP contribution is -2.43. The van der Waals surface area contributed by atoms with E-state index in [-0.39, 0.29) is 65.5 Å². The zero-order valence-electron chi connectivity index (χ0n) is 19.9. The minimum Gasteiger partial charge on any atom is -0.372 e. The molecule has 38 heavy (non-hydrogen) atoms. The van der Waals surface area contributed by atoms with Crippen molar-refractivity contribution in [1.82, 2.24) is 15.2 Å². The molecule has 1 N–H and O–H groups in total. The lowest BCUT2D eigenvalue weighted by molar-refractivity contribution is -0.275. The van der Waals surface area contributed by atoms with Gasteiger partial charge in [-0.15, -0.1) is 0 Å². The maximum atomic E-state index is 14.3. The van der Waals surface area contributed by atoms with Crippen molar-refractivity contribution in [3.63, 3.8) is 0 Å². The first-order valence-electron chi connectivity index (χ1n) is 12.0. The van der Waals surface area contributed by atoms with Crippen LogP contribution in [0, 0.1) is 5.92 Å². The molecule has 1 aromatic heterocycles. The molecule has 3 heterocycles. The van der Waals surface area contributed by atoms with E-state index in [4.69, 9.17) is 28.0 Å². The van der Waals surface area contributed by atoms with Gasteiger partial charge < -0.3 is 15.1 Å². The summed E-state index contributed by atoms with van der Waals surface area (Å²) >= 11 is 11.9. The Morgan fingerprint density at radius 3 is 2.53 bits per heavy atom. The largest absolute Gasteiger partial charge is 0.435 e. The normalized spacial score (nSPS) is 24.6. The van der Waals surface area contributed by atoms with Crippen LogP contribution in [0.2, 0.25) is 10.0 Å². The van der Waals surface area contributed by atoms with E-state index in [1.54, 1.807) is 11.0 Å². The predicted octanol–water partition coefficient (Wildman–Crippen LogP) is 6.45. The molecule has 2 aromatic rings. The van der Waals surface area contributed by atoms with Crippen LogP contribution in [0.3, 0.4) is 0 Å². The second-order valence-electron chi connectivity index (χ2n) is 9.98. The number of nitrogens with zero attached hydrogens (tertiary/aromatic N) is 3. The van der Waals surface area contributed by atoms with E-state index in [9.17, 15) is 26.7 Å². The Bertz CT molecular complexity index is 1270. The fourth-order valence-electron chi connectivity index (χ4n) is 5.21. The minimum absolute atomic E-state index is 0.0378. The van der Waals surface area contributed by atoms with E-state index < -0.39 is 30.0 Å². The molecule has 5 rings (SSSR count). The zero-order chi connectivity index (χ0) is 27.3. The molecule has 204 valence electrons. The number of pyridine rings is 1. The standard InChI is InChI=1S/C25H23Cl2F5N4O2/c26-18-5-17(6-19(27)7-18)24(25(30,31)32)9-21(35-38-24)36-12-15-4-20(33-11-16(15)13-36)22(37)34-10-14-2-1-3-23(28,29)8-14/h4-7,11,14H,1-3,8-10,12-13H2,(H,34,37). The van der Waals surface area contributed by atoms with E-state index in [0.717, 1.165) is 17.7 Å². The molecule has 2 aliphatic heterocycles. The lowest BCUT2D eigenvalue weighted by Gasteiger charge is -2.30. The summed E-state index contributed by atoms with van der Waals surface area (Å²) in [7, 11) is 0. The highest BCUT2D eigenvalue weighted by atomic mass is 35.5. The van der Waals surface area contributed by atoms with Gasteiger partial charge in [-0.05, 0) is 54.2 Å². The molecule has 13 heteroatoms. The van der Waals surface area contributed by atoms with E-state index in [1.165, 1.54) is 12.3 Å². The highest BCUT2D eigenvalue weighted by Gasteiger charge is 2.63. The number of amides is 1. The number of hydrogen-bond donors (Lipinski definition) is 1. The third-order valence-electron chi connectivity index (χ3n) is 7.20. The molecule has 3 aliphatic rings. The number of alkyl halides is 5. The molecule has 2 atom stereocenters. The smallest absolute Gasteiger partial charge is 0.372 e. The summed E-state index contributed by atoms with van der Waals surface area (Å²) in [4.78, 5) is 23.5. The average molecular weight is 577 g/mol. The van der Waals surface area contributed by atoms with Gasteiger partial charge in [-0.3, -0.25) is 9.78 Å². The minimum atomic E-state index is -4.81. The molecular formula is C25H23Cl2F5N4O2. The van der Waals surface area contributed by atoms with Crippen molar-refractivity contribution in [2.45, 2.75) is 62.9 Å². The Labute approximate surface area is 225 Å². The number of carbonyl (C=O) groups is 1. The maximum absolute atomic E-state index is 14.3. The van der Waals surface area contributed by atoms with Crippen molar-refractivity contribution in [2.24, 2.45) is 11.1 Å². The van der Waals surface area contributed by atoms with Crippen LogP contribution >= 0.6 is 23.2 Å². The SMILES string of the molecule is O=C(NCC1CCCC(F)(F)C1)c1cc2c(cn1)CN(C1=NOC(c3cc(Cl)cc(Cl)c3)(C(F)(F)F)C1)C2. The fraction of sp³-hybridized carbons (Fsp3) is 0.480. The highest BCUT2D eigenvalue weighted by Crippen LogP contribution is 2.50. The van der Waals surface area contributed by atoms with Crippen LogP contribution in [0.15, 0.2) is 35.6 Å². The van der Waals surface area contributed by atoms with E-state index in [0.29, 0.717) is 18.4 Å². The van der Waals surface area contributed by atoms with Gasteiger partial charge >= 0.3 is 6.18 Å². The number of amidine groups is 1. The summed E-state index contributed by atoms with van der Waals surface area (Å²) in [6.45, 7) is 0.549. The zero-order valence-corrected chi connectivity index (χ0v) is 21.4. The molecule has 0 spiro atoms. The van der Waals surface area contributed by atoms with Gasteiger partial charge in [0.1, 0.15) is 11.5 Å². The third-order valence-corrected chi connectivity index (χ3v) is 7.63. The summed E-state index contributed by atoms with van der Waals surface area (Å²) in [6.07, 6.45) is -3.27. The average Bonchev–Trinajstić information content (AvgIpc) is 3.46. The van der Waals surface area contributed by atoms with Gasteiger partial charge in [0, 0.05) is 54.3 Å². The molecule has 0 bridgehead atoms. The monoisotopic (exact) mass is 576 g/mol. The van der Waals surface area contributed by atoms with Crippen LogP contribution in [-0.4, -0.2) is 40.3 Å². The number of rotatable bonds is 4. The Balaban J connectivity index is 1.26. The van der Waals surface area contributed by atoms with Gasteiger partial charge in [0.2, 0.25) is 5.92 Å². The van der Waals surface area contributed by atoms with Crippen molar-refractivity contribution >= 4 is 34.9 Å². The molecule has 2 unspecified atom stereocenters. The maximum Gasteiger partial charge on any atom is 0.435 e. The molecule has 0 saturated heterocycles. The molecule has 0 radical (unpaired) electrons. The fourth-order valence-corrected chi connectivity index (χ4v) is 5.74. The number of hydrogen-bond acceptors (Lipinski definition) is 5. The number of halogens is 7. The van der Waals surface area contributed by atoms with Crippen LogP contribution in [0.5, 0.6) is 0 Å². The Morgan fingerprint density at radius 1 is 1.13 bits per heavy atom. The summed E-state index contributed by atoms with van der Waals surface area (Å²) in [5.41, 5.74) is -1.46. The van der Waals surface area contributed by atoms with Crippen molar-refractivity contribution in [1.29, 1.82) is 0 Å². The number of aromatic nitrogens is 1. The molecule has 6 nitrogen and oxygen atoms in total. The lowest BCUT2D eigenvalue weighted by atomic mass is 9.86. The number of nitrogens with one attached hydrogen (secondary N) is 1. The highest BCUT2D eigenvalue weighted by molar-refractivity contribution is 6.34. The second kappa shape index (κ2) is 9.82. The Kier molecular flexibility index (Phi) is 6.96. The molecule has 1 fully saturated rings. The van der Waals surface area contributed by atoms with Gasteiger partial charge in [-0.1, -0.05) is 28.4 Å². The summed E-state index contributed by atoms with van der Waals surface area (Å²) in [5, 5.41) is 6.54. The van der Waals surface area contributed by atoms with Crippen molar-refractivity contribution < 1.29 is 31.6 Å². The molecule has 1 aliphatic carbocycles. The molecule has 1 aromatic carbocycles. The van der Waals surface area contributed by atoms with E-state index in [2.05, 4.69) is 15.5 Å². The topological polar surface area (TPSA) is 66.8 Å². The van der Waals surface area contributed by atoms with Crippen molar-refractivity contribution in [3.05, 3.63) is 62.9 Å². The summed E-state index contributed by atoms with van der Waals surface area (Å²) in [6, 6.07) is 5.20. The first kappa shape index (κ1) is 26.9. The first-order chi connectivity index (χ1) is 17.8. The quantitative estimate of drug-likeness (QED) is 0.425. The number of carbonyl (C=O) groups excluding carboxylic acids is 1. The van der Waals surface area contributed by atoms with Crippen molar-refractivity contribution in [3.8, 4) is 0 Å². The van der Waals surface area contributed by atoms with Gasteiger partial charge in [0.05, 0.1) is 6.42 Å². The molecule has 1 amide bonds. The Morgan fingerprint density at radius 2 is 1.84 bits per heavy atom. The predicted molar refractivity (Wildman–Crippen MR) is 130 cm³/mol. The van der Waals surface area contributed by atoms with Crippen LogP contribution in [0.25, 0.3) is 0 Å². The van der Waals surface area contributed by atoms with E-state index in [1.807, 2.05) is 0 Å². The van der Waals surface area contributed by atoms with Gasteiger partial charge in [0.15, 0.2) is 0 Å². The number of benzene rings is 1. The van der Waals surface area contributed by atoms with Crippen LogP contribution < -0.4 is 5.32 Å². The number of fused-ring (bicyclic) bond motifs is 1.